The third-order valence-electron chi connectivity index (χ3n) is 6.02. The summed E-state index contributed by atoms with van der Waals surface area (Å²) in [4.78, 5) is 29.3. The summed E-state index contributed by atoms with van der Waals surface area (Å²) in [7, 11) is -3.93. The summed E-state index contributed by atoms with van der Waals surface area (Å²) in [5.41, 5.74) is 2.27. The van der Waals surface area contributed by atoms with Gasteiger partial charge in [-0.1, -0.05) is 83.4 Å². The quantitative estimate of drug-likeness (QED) is 0.326. The number of sulfonamides is 1. The molecule has 1 N–H and O–H groups in total. The van der Waals surface area contributed by atoms with Crippen LogP contribution >= 0.6 is 23.2 Å². The van der Waals surface area contributed by atoms with Crippen LogP contribution in [0.5, 0.6) is 0 Å². The van der Waals surface area contributed by atoms with Crippen LogP contribution < -0.4 is 9.62 Å². The summed E-state index contributed by atoms with van der Waals surface area (Å²) in [5, 5.41) is 3.46. The molecule has 10 heteroatoms. The first-order valence-corrected chi connectivity index (χ1v) is 15.4. The predicted octanol–water partition coefficient (Wildman–Crippen LogP) is 5.62. The summed E-state index contributed by atoms with van der Waals surface area (Å²) in [5.74, 6) is -0.887. The van der Waals surface area contributed by atoms with E-state index < -0.39 is 34.1 Å². The number of hydrogen-bond acceptors (Lipinski definition) is 4. The van der Waals surface area contributed by atoms with Gasteiger partial charge >= 0.3 is 0 Å². The van der Waals surface area contributed by atoms with Crippen LogP contribution in [0.4, 0.5) is 5.69 Å². The van der Waals surface area contributed by atoms with Gasteiger partial charge in [-0.3, -0.25) is 13.9 Å². The number of benzene rings is 3. The molecule has 0 aromatic heterocycles. The van der Waals surface area contributed by atoms with Crippen molar-refractivity contribution in [3.8, 4) is 0 Å². The van der Waals surface area contributed by atoms with Crippen molar-refractivity contribution < 1.29 is 18.0 Å². The Bertz CT molecular complexity index is 1440. The molecule has 0 saturated heterocycles. The molecule has 0 unspecified atom stereocenters. The van der Waals surface area contributed by atoms with Gasteiger partial charge in [0, 0.05) is 28.5 Å². The van der Waals surface area contributed by atoms with E-state index in [2.05, 4.69) is 5.32 Å². The average molecular weight is 605 g/mol. The third kappa shape index (κ3) is 9.25. The molecular weight excluding hydrogens is 569 g/mol. The number of aryl methyl sites for hydroxylation is 1. The van der Waals surface area contributed by atoms with Crippen molar-refractivity contribution in [2.75, 3.05) is 17.1 Å². The van der Waals surface area contributed by atoms with Gasteiger partial charge in [0.15, 0.2) is 0 Å². The van der Waals surface area contributed by atoms with Crippen LogP contribution in [-0.2, 0) is 32.6 Å². The number of nitrogens with one attached hydrogen (secondary N) is 1. The number of carbonyl (C=O) groups is 2. The summed E-state index contributed by atoms with van der Waals surface area (Å²) in [6.07, 6.45) is 1.25. The highest BCUT2D eigenvalue weighted by atomic mass is 35.5. The number of carbonyl (C=O) groups excluding carboxylic acids is 2. The summed E-state index contributed by atoms with van der Waals surface area (Å²) in [6, 6.07) is 20.5. The SMILES string of the molecule is Cc1cccc(CN(C(=O)CN(c2cc(Cl)cc(Cl)c2)S(C)(=O)=O)[C@@H](Cc2ccccc2)C(=O)NC(C)(C)C)c1. The highest BCUT2D eigenvalue weighted by Crippen LogP contribution is 2.27. The standard InChI is InChI=1S/C30H35Cl2N3O4S/c1-21-10-9-13-23(14-21)19-34(27(29(37)33-30(2,3)4)15-22-11-7-6-8-12-22)28(36)20-35(40(5,38)39)26-17-24(31)16-25(32)18-26/h6-14,16-18,27H,15,19-20H2,1-5H3,(H,33,37)/t27-/m0/s1. The van der Waals surface area contributed by atoms with Crippen molar-refractivity contribution in [1.29, 1.82) is 0 Å². The molecule has 0 bridgehead atoms. The first-order valence-electron chi connectivity index (χ1n) is 12.8. The molecule has 0 aliphatic heterocycles. The second kappa shape index (κ2) is 13.1. The molecule has 0 heterocycles. The first-order chi connectivity index (χ1) is 18.6. The molecule has 3 rings (SSSR count). The average Bonchev–Trinajstić information content (AvgIpc) is 2.82. The van der Waals surface area contributed by atoms with Crippen LogP contribution in [0, 0.1) is 6.92 Å². The fourth-order valence-corrected chi connectivity index (χ4v) is 5.66. The maximum Gasteiger partial charge on any atom is 0.244 e. The Morgan fingerprint density at radius 3 is 2.05 bits per heavy atom. The van der Waals surface area contributed by atoms with Crippen molar-refractivity contribution in [3.63, 3.8) is 0 Å². The van der Waals surface area contributed by atoms with E-state index in [-0.39, 0.29) is 34.6 Å². The van der Waals surface area contributed by atoms with Crippen molar-refractivity contribution in [3.05, 3.63) is 99.5 Å². The fraction of sp³-hybridized carbons (Fsp3) is 0.333. The molecule has 0 radical (unpaired) electrons. The molecule has 1 atom stereocenters. The van der Waals surface area contributed by atoms with E-state index in [0.717, 1.165) is 27.3 Å². The molecule has 0 fully saturated rings. The van der Waals surface area contributed by atoms with Gasteiger partial charge in [-0.05, 0) is 57.0 Å². The molecule has 0 aliphatic carbocycles. The van der Waals surface area contributed by atoms with E-state index in [1.807, 2.05) is 82.3 Å². The highest BCUT2D eigenvalue weighted by Gasteiger charge is 2.34. The van der Waals surface area contributed by atoms with Gasteiger partial charge in [-0.2, -0.15) is 0 Å². The van der Waals surface area contributed by atoms with E-state index in [4.69, 9.17) is 23.2 Å². The minimum atomic E-state index is -3.93. The summed E-state index contributed by atoms with van der Waals surface area (Å²) < 4.78 is 26.7. The van der Waals surface area contributed by atoms with Gasteiger partial charge < -0.3 is 10.2 Å². The zero-order chi connectivity index (χ0) is 29.7. The lowest BCUT2D eigenvalue weighted by Crippen LogP contribution is -2.56. The topological polar surface area (TPSA) is 86.8 Å². The third-order valence-corrected chi connectivity index (χ3v) is 7.60. The maximum absolute atomic E-state index is 14.1. The smallest absolute Gasteiger partial charge is 0.244 e. The molecule has 0 aliphatic rings. The number of hydrogen-bond donors (Lipinski definition) is 1. The van der Waals surface area contributed by atoms with Crippen LogP contribution in [0.1, 0.15) is 37.5 Å². The normalized spacial score (nSPS) is 12.5. The molecule has 2 amide bonds. The first kappa shape index (κ1) is 31.5. The van der Waals surface area contributed by atoms with Gasteiger partial charge in [-0.25, -0.2) is 8.42 Å². The van der Waals surface area contributed by atoms with Gasteiger partial charge in [0.05, 0.1) is 11.9 Å². The molecule has 0 spiro atoms. The lowest BCUT2D eigenvalue weighted by atomic mass is 10.0. The zero-order valence-corrected chi connectivity index (χ0v) is 25.6. The van der Waals surface area contributed by atoms with Crippen LogP contribution in [0.15, 0.2) is 72.8 Å². The Morgan fingerprint density at radius 2 is 1.50 bits per heavy atom. The van der Waals surface area contributed by atoms with Crippen molar-refractivity contribution in [2.24, 2.45) is 0 Å². The Balaban J connectivity index is 2.09. The van der Waals surface area contributed by atoms with Crippen molar-refractivity contribution in [2.45, 2.75) is 52.2 Å². The van der Waals surface area contributed by atoms with E-state index >= 15 is 0 Å². The van der Waals surface area contributed by atoms with Gasteiger partial charge in [-0.15, -0.1) is 0 Å². The lowest BCUT2D eigenvalue weighted by molar-refractivity contribution is -0.140. The monoisotopic (exact) mass is 603 g/mol. The van der Waals surface area contributed by atoms with E-state index in [9.17, 15) is 18.0 Å². The van der Waals surface area contributed by atoms with Crippen LogP contribution in [0.3, 0.4) is 0 Å². The van der Waals surface area contributed by atoms with Crippen molar-refractivity contribution >= 4 is 50.7 Å². The Labute approximate surface area is 247 Å². The van der Waals surface area contributed by atoms with Gasteiger partial charge in [0.2, 0.25) is 21.8 Å². The second-order valence-electron chi connectivity index (χ2n) is 10.9. The summed E-state index contributed by atoms with van der Waals surface area (Å²) >= 11 is 12.3. The van der Waals surface area contributed by atoms with E-state index in [0.29, 0.717) is 0 Å². The number of halogens is 2. The van der Waals surface area contributed by atoms with Gasteiger partial charge in [0.1, 0.15) is 12.6 Å². The maximum atomic E-state index is 14.1. The number of nitrogens with zero attached hydrogens (tertiary/aromatic N) is 2. The zero-order valence-electron chi connectivity index (χ0n) is 23.3. The van der Waals surface area contributed by atoms with Gasteiger partial charge in [0.25, 0.3) is 0 Å². The molecular formula is C30H35Cl2N3O4S. The Hall–Kier alpha value is -3.07. The Kier molecular flexibility index (Phi) is 10.3. The van der Waals surface area contributed by atoms with Crippen LogP contribution in [0.25, 0.3) is 0 Å². The number of anilines is 1. The van der Waals surface area contributed by atoms with Crippen LogP contribution in [-0.4, -0.2) is 49.5 Å². The molecule has 7 nitrogen and oxygen atoms in total. The molecule has 0 saturated carbocycles. The van der Waals surface area contributed by atoms with E-state index in [1.54, 1.807) is 0 Å². The van der Waals surface area contributed by atoms with Crippen LogP contribution in [0.2, 0.25) is 10.0 Å². The van der Waals surface area contributed by atoms with E-state index in [1.165, 1.54) is 23.1 Å². The molecule has 40 heavy (non-hydrogen) atoms. The molecule has 3 aromatic carbocycles. The largest absolute Gasteiger partial charge is 0.350 e. The van der Waals surface area contributed by atoms with Crippen molar-refractivity contribution in [1.82, 2.24) is 10.2 Å². The number of rotatable bonds is 10. The lowest BCUT2D eigenvalue weighted by Gasteiger charge is -2.35. The highest BCUT2D eigenvalue weighted by molar-refractivity contribution is 7.92. The molecule has 3 aromatic rings. The molecule has 214 valence electrons. The fourth-order valence-electron chi connectivity index (χ4n) is 4.31. The Morgan fingerprint density at radius 1 is 0.900 bits per heavy atom. The second-order valence-corrected chi connectivity index (χ2v) is 13.6. The minimum Gasteiger partial charge on any atom is -0.350 e. The minimum absolute atomic E-state index is 0.101. The predicted molar refractivity (Wildman–Crippen MR) is 162 cm³/mol. The number of amides is 2. The summed E-state index contributed by atoms with van der Waals surface area (Å²) in [6.45, 7) is 7.10.